The molecule has 0 aromatic heterocycles. The summed E-state index contributed by atoms with van der Waals surface area (Å²) < 4.78 is 22.0. The molecule has 4 atom stereocenters. The van der Waals surface area contributed by atoms with Crippen LogP contribution in [0.4, 0.5) is 0 Å². The van der Waals surface area contributed by atoms with Gasteiger partial charge in [0, 0.05) is 6.54 Å². The Labute approximate surface area is 270 Å². The summed E-state index contributed by atoms with van der Waals surface area (Å²) in [6, 6.07) is -0.887. The second kappa shape index (κ2) is 31.1. The number of aliphatic hydroxyl groups excluding tert-OH is 2. The molecule has 4 unspecified atom stereocenters. The summed E-state index contributed by atoms with van der Waals surface area (Å²) in [5.41, 5.74) is 5.34. The Balaban J connectivity index is 4.38. The van der Waals surface area contributed by atoms with E-state index in [-0.39, 0.29) is 26.2 Å². The van der Waals surface area contributed by atoms with Crippen molar-refractivity contribution in [1.29, 1.82) is 0 Å². The summed E-state index contributed by atoms with van der Waals surface area (Å²) >= 11 is 0. The van der Waals surface area contributed by atoms with E-state index in [1.807, 2.05) is 0 Å². The van der Waals surface area contributed by atoms with Gasteiger partial charge in [0.05, 0.1) is 37.9 Å². The molecule has 0 aliphatic rings. The second-order valence-corrected chi connectivity index (χ2v) is 14.1. The standard InChI is InChI=1S/C34H71N2O7P/c1-3-5-7-9-11-13-14-15-16-17-18-20-22-24-26-33(38)32(30-43-44(40,41)42-28-27-35)36-34(39)29-31(37)25-23-21-19-12-10-8-6-4-2/h31-33,37-38H,3-30,35H2,1-2H3,(H,36,39)(H,40,41). The molecule has 1 amide bonds. The summed E-state index contributed by atoms with van der Waals surface area (Å²) in [4.78, 5) is 22.6. The van der Waals surface area contributed by atoms with Gasteiger partial charge in [-0.2, -0.15) is 0 Å². The van der Waals surface area contributed by atoms with Crippen LogP contribution in [-0.2, 0) is 18.4 Å². The largest absolute Gasteiger partial charge is 0.472 e. The lowest BCUT2D eigenvalue weighted by Crippen LogP contribution is -2.47. The van der Waals surface area contributed by atoms with Gasteiger partial charge in [0.1, 0.15) is 0 Å². The molecule has 0 aliphatic carbocycles. The molecule has 0 heterocycles. The van der Waals surface area contributed by atoms with E-state index in [0.29, 0.717) is 12.8 Å². The molecular formula is C34H71N2O7P. The Bertz CT molecular complexity index is 686. The number of rotatable bonds is 34. The Kier molecular flexibility index (Phi) is 30.7. The third kappa shape index (κ3) is 28.9. The van der Waals surface area contributed by atoms with Crippen molar-refractivity contribution in [3.05, 3.63) is 0 Å². The molecule has 6 N–H and O–H groups in total. The van der Waals surface area contributed by atoms with Crippen LogP contribution in [0.5, 0.6) is 0 Å². The van der Waals surface area contributed by atoms with Crippen molar-refractivity contribution in [2.24, 2.45) is 5.73 Å². The van der Waals surface area contributed by atoms with Crippen molar-refractivity contribution < 1.29 is 33.5 Å². The summed E-state index contributed by atoms with van der Waals surface area (Å²) in [5, 5.41) is 23.9. The van der Waals surface area contributed by atoms with E-state index in [4.69, 9.17) is 14.8 Å². The maximum atomic E-state index is 12.7. The van der Waals surface area contributed by atoms with Gasteiger partial charge in [-0.1, -0.05) is 155 Å². The van der Waals surface area contributed by atoms with Crippen molar-refractivity contribution in [2.45, 2.75) is 193 Å². The Morgan fingerprint density at radius 1 is 0.682 bits per heavy atom. The van der Waals surface area contributed by atoms with Crippen LogP contribution in [0.2, 0.25) is 0 Å². The smallest absolute Gasteiger partial charge is 0.393 e. The van der Waals surface area contributed by atoms with Crippen LogP contribution in [0.25, 0.3) is 0 Å². The van der Waals surface area contributed by atoms with Gasteiger partial charge in [-0.05, 0) is 12.8 Å². The van der Waals surface area contributed by atoms with Crippen molar-refractivity contribution in [1.82, 2.24) is 5.32 Å². The third-order valence-corrected chi connectivity index (χ3v) is 9.25. The maximum absolute atomic E-state index is 12.7. The van der Waals surface area contributed by atoms with Gasteiger partial charge in [0.25, 0.3) is 0 Å². The summed E-state index contributed by atoms with van der Waals surface area (Å²) in [7, 11) is -4.36. The average molecular weight is 651 g/mol. The highest BCUT2D eigenvalue weighted by molar-refractivity contribution is 7.47. The van der Waals surface area contributed by atoms with Crippen LogP contribution in [-0.4, -0.2) is 59.0 Å². The molecule has 0 rings (SSSR count). The topological polar surface area (TPSA) is 151 Å². The highest BCUT2D eigenvalue weighted by Crippen LogP contribution is 2.43. The molecule has 264 valence electrons. The number of hydrogen-bond donors (Lipinski definition) is 5. The van der Waals surface area contributed by atoms with E-state index in [1.165, 1.54) is 103 Å². The van der Waals surface area contributed by atoms with Crippen LogP contribution < -0.4 is 11.1 Å². The SMILES string of the molecule is CCCCCCCCCCCCCCCCC(O)C(COP(=O)(O)OCCN)NC(=O)CC(O)CCCCCCCCCC. The van der Waals surface area contributed by atoms with E-state index < -0.39 is 32.0 Å². The molecule has 0 saturated carbocycles. The van der Waals surface area contributed by atoms with E-state index in [9.17, 15) is 24.5 Å². The predicted molar refractivity (Wildman–Crippen MR) is 182 cm³/mol. The molecule has 44 heavy (non-hydrogen) atoms. The van der Waals surface area contributed by atoms with Crippen molar-refractivity contribution >= 4 is 13.7 Å². The van der Waals surface area contributed by atoms with Gasteiger partial charge in [-0.3, -0.25) is 13.8 Å². The third-order valence-electron chi connectivity index (χ3n) is 8.27. The van der Waals surface area contributed by atoms with Gasteiger partial charge in [-0.15, -0.1) is 0 Å². The fourth-order valence-electron chi connectivity index (χ4n) is 5.47. The fourth-order valence-corrected chi connectivity index (χ4v) is 6.23. The summed E-state index contributed by atoms with van der Waals surface area (Å²) in [6.45, 7) is 4.00. The van der Waals surface area contributed by atoms with E-state index in [1.54, 1.807) is 0 Å². The number of unbranched alkanes of at least 4 members (excludes halogenated alkanes) is 20. The minimum atomic E-state index is -4.36. The number of amides is 1. The summed E-state index contributed by atoms with van der Waals surface area (Å²) in [6.07, 6.45) is 25.8. The van der Waals surface area contributed by atoms with Crippen LogP contribution in [0.3, 0.4) is 0 Å². The molecule has 0 spiro atoms. The first-order chi connectivity index (χ1) is 21.3. The predicted octanol–water partition coefficient (Wildman–Crippen LogP) is 8.08. The average Bonchev–Trinajstić information content (AvgIpc) is 2.99. The minimum Gasteiger partial charge on any atom is -0.393 e. The van der Waals surface area contributed by atoms with Crippen LogP contribution in [0, 0.1) is 0 Å². The van der Waals surface area contributed by atoms with Crippen LogP contribution in [0.1, 0.15) is 174 Å². The summed E-state index contributed by atoms with van der Waals surface area (Å²) in [5.74, 6) is -0.415. The lowest BCUT2D eigenvalue weighted by Gasteiger charge is -2.25. The second-order valence-electron chi connectivity index (χ2n) is 12.6. The number of aliphatic hydroxyl groups is 2. The zero-order valence-electron chi connectivity index (χ0n) is 28.5. The highest BCUT2D eigenvalue weighted by atomic mass is 31.2. The maximum Gasteiger partial charge on any atom is 0.472 e. The van der Waals surface area contributed by atoms with Crippen molar-refractivity contribution in [2.75, 3.05) is 19.8 Å². The monoisotopic (exact) mass is 650 g/mol. The number of nitrogens with two attached hydrogens (primary N) is 1. The molecule has 0 aromatic rings. The van der Waals surface area contributed by atoms with E-state index >= 15 is 0 Å². The molecule has 0 saturated heterocycles. The molecule has 0 bridgehead atoms. The fraction of sp³-hybridized carbons (Fsp3) is 0.971. The molecule has 10 heteroatoms. The Hall–Kier alpha value is -0.540. The van der Waals surface area contributed by atoms with Gasteiger partial charge in [0.15, 0.2) is 0 Å². The lowest BCUT2D eigenvalue weighted by atomic mass is 10.0. The molecule has 0 radical (unpaired) electrons. The van der Waals surface area contributed by atoms with Crippen molar-refractivity contribution in [3.63, 3.8) is 0 Å². The zero-order valence-corrected chi connectivity index (χ0v) is 29.4. The first-order valence-electron chi connectivity index (χ1n) is 18.2. The highest BCUT2D eigenvalue weighted by Gasteiger charge is 2.28. The van der Waals surface area contributed by atoms with Gasteiger partial charge >= 0.3 is 7.82 Å². The number of phosphoric acid groups is 1. The molecule has 0 aromatic carbocycles. The lowest BCUT2D eigenvalue weighted by molar-refractivity contribution is -0.125. The quantitative estimate of drug-likeness (QED) is 0.0346. The first-order valence-corrected chi connectivity index (χ1v) is 19.7. The Morgan fingerprint density at radius 2 is 1.09 bits per heavy atom. The zero-order chi connectivity index (χ0) is 32.7. The van der Waals surface area contributed by atoms with E-state index in [0.717, 1.165) is 38.5 Å². The van der Waals surface area contributed by atoms with Crippen LogP contribution in [0.15, 0.2) is 0 Å². The van der Waals surface area contributed by atoms with Gasteiger partial charge in [0.2, 0.25) is 5.91 Å². The van der Waals surface area contributed by atoms with Gasteiger partial charge in [-0.25, -0.2) is 4.57 Å². The van der Waals surface area contributed by atoms with Gasteiger partial charge < -0.3 is 26.2 Å². The Morgan fingerprint density at radius 3 is 1.52 bits per heavy atom. The van der Waals surface area contributed by atoms with Crippen molar-refractivity contribution in [3.8, 4) is 0 Å². The number of hydrogen-bond acceptors (Lipinski definition) is 7. The molecule has 0 aliphatic heterocycles. The minimum absolute atomic E-state index is 0.0621. The normalized spacial score (nSPS) is 15.1. The van der Waals surface area contributed by atoms with Crippen LogP contribution >= 0.6 is 7.82 Å². The first kappa shape index (κ1) is 43.5. The number of carbonyl (C=O) groups excluding carboxylic acids is 1. The number of carbonyl (C=O) groups is 1. The van der Waals surface area contributed by atoms with E-state index in [2.05, 4.69) is 19.2 Å². The number of nitrogens with one attached hydrogen (secondary N) is 1. The molecular weight excluding hydrogens is 579 g/mol. The number of phosphoric ester groups is 1. The molecule has 9 nitrogen and oxygen atoms in total. The molecule has 0 fully saturated rings.